The van der Waals surface area contributed by atoms with Crippen molar-refractivity contribution in [2.75, 3.05) is 36.0 Å². The summed E-state index contributed by atoms with van der Waals surface area (Å²) in [5.41, 5.74) is 6.26. The fraction of sp³-hybridized carbons (Fsp3) is 0.448. The standard InChI is InChI=1S/C29H35N3O5S2/c1-19-4-7-27(25(14-19)26-18-38-29(30-26)32-9-8-24(21(32)3)28(33)34)37-17-23-6-5-22(15-20(23)2)16-31-10-12-39(35,36)13-11-31/h4-7,14-15,18,21,24H,8-13,16-17H2,1-3H3,(H,33,34)/t21-,24-/m1/s1. The highest BCUT2D eigenvalue weighted by molar-refractivity contribution is 7.91. The van der Waals surface area contributed by atoms with E-state index in [9.17, 15) is 18.3 Å². The Balaban J connectivity index is 1.27. The van der Waals surface area contributed by atoms with Crippen molar-refractivity contribution < 1.29 is 23.1 Å². The summed E-state index contributed by atoms with van der Waals surface area (Å²) in [7, 11) is -2.88. The zero-order valence-electron chi connectivity index (χ0n) is 22.6. The molecule has 0 radical (unpaired) electrons. The highest BCUT2D eigenvalue weighted by atomic mass is 32.2. The van der Waals surface area contributed by atoms with Crippen LogP contribution in [0, 0.1) is 19.8 Å². The van der Waals surface area contributed by atoms with Crippen LogP contribution in [0.5, 0.6) is 5.75 Å². The predicted molar refractivity (Wildman–Crippen MR) is 154 cm³/mol. The van der Waals surface area contributed by atoms with Crippen molar-refractivity contribution in [1.29, 1.82) is 0 Å². The number of ether oxygens (including phenoxy) is 1. The lowest BCUT2D eigenvalue weighted by Gasteiger charge is -2.26. The van der Waals surface area contributed by atoms with Gasteiger partial charge in [0, 0.05) is 43.2 Å². The van der Waals surface area contributed by atoms with E-state index in [1.165, 1.54) is 16.9 Å². The third kappa shape index (κ3) is 6.28. The number of rotatable bonds is 8. The van der Waals surface area contributed by atoms with E-state index < -0.39 is 15.8 Å². The fourth-order valence-electron chi connectivity index (χ4n) is 5.37. The Bertz CT molecular complexity index is 1460. The molecule has 2 aliphatic heterocycles. The monoisotopic (exact) mass is 569 g/mol. The maximum atomic E-state index is 11.7. The molecule has 5 rings (SSSR count). The first-order valence-electron chi connectivity index (χ1n) is 13.3. The van der Waals surface area contributed by atoms with Crippen molar-refractivity contribution in [2.24, 2.45) is 5.92 Å². The normalized spacial score (nSPS) is 21.3. The zero-order valence-corrected chi connectivity index (χ0v) is 24.2. The minimum atomic E-state index is -2.88. The van der Waals surface area contributed by atoms with E-state index in [2.05, 4.69) is 41.0 Å². The first-order chi connectivity index (χ1) is 18.6. The average molecular weight is 570 g/mol. The van der Waals surface area contributed by atoms with E-state index in [0.717, 1.165) is 45.4 Å². The van der Waals surface area contributed by atoms with Crippen molar-refractivity contribution in [2.45, 2.75) is 46.4 Å². The Morgan fingerprint density at radius 1 is 1.13 bits per heavy atom. The first-order valence-corrected chi connectivity index (χ1v) is 16.0. The molecule has 1 N–H and O–H groups in total. The average Bonchev–Trinajstić information content (AvgIpc) is 3.52. The van der Waals surface area contributed by atoms with Gasteiger partial charge in [-0.05, 0) is 56.0 Å². The lowest BCUT2D eigenvalue weighted by molar-refractivity contribution is -0.141. The molecule has 1 aromatic heterocycles. The SMILES string of the molecule is Cc1ccc(OCc2ccc(CN3CCS(=O)(=O)CC3)cc2C)c(-c2csc(N3CC[C@@H](C(=O)O)[C@H]3C)n2)c1. The number of hydrogen-bond donors (Lipinski definition) is 1. The molecule has 10 heteroatoms. The van der Waals surface area contributed by atoms with Crippen molar-refractivity contribution in [1.82, 2.24) is 9.88 Å². The molecule has 208 valence electrons. The summed E-state index contributed by atoms with van der Waals surface area (Å²) < 4.78 is 29.8. The second-order valence-corrected chi connectivity index (χ2v) is 13.8. The topological polar surface area (TPSA) is 100 Å². The van der Waals surface area contributed by atoms with Crippen LogP contribution >= 0.6 is 11.3 Å². The van der Waals surface area contributed by atoms with Gasteiger partial charge in [-0.1, -0.05) is 29.8 Å². The van der Waals surface area contributed by atoms with Gasteiger partial charge in [-0.3, -0.25) is 9.69 Å². The van der Waals surface area contributed by atoms with Crippen LogP contribution in [0.2, 0.25) is 0 Å². The maximum absolute atomic E-state index is 11.7. The largest absolute Gasteiger partial charge is 0.488 e. The highest BCUT2D eigenvalue weighted by Crippen LogP contribution is 2.38. The number of anilines is 1. The molecule has 3 heterocycles. The van der Waals surface area contributed by atoms with Gasteiger partial charge in [-0.25, -0.2) is 13.4 Å². The molecule has 39 heavy (non-hydrogen) atoms. The van der Waals surface area contributed by atoms with Gasteiger partial charge in [0.25, 0.3) is 0 Å². The van der Waals surface area contributed by atoms with Crippen LogP contribution in [0.1, 0.15) is 35.6 Å². The van der Waals surface area contributed by atoms with Crippen LogP contribution < -0.4 is 9.64 Å². The first kappa shape index (κ1) is 27.6. The summed E-state index contributed by atoms with van der Waals surface area (Å²) in [6, 6.07) is 12.3. The lowest BCUT2D eigenvalue weighted by atomic mass is 10.0. The van der Waals surface area contributed by atoms with Gasteiger partial charge in [-0.2, -0.15) is 0 Å². The van der Waals surface area contributed by atoms with Gasteiger partial charge in [0.05, 0.1) is 23.1 Å². The number of sulfone groups is 1. The van der Waals surface area contributed by atoms with Crippen LogP contribution in [0.3, 0.4) is 0 Å². The number of aromatic nitrogens is 1. The molecule has 3 aromatic rings. The number of carbonyl (C=O) groups is 1. The van der Waals surface area contributed by atoms with Gasteiger partial charge >= 0.3 is 5.97 Å². The van der Waals surface area contributed by atoms with E-state index in [1.54, 1.807) is 0 Å². The van der Waals surface area contributed by atoms with Gasteiger partial charge in [0.15, 0.2) is 15.0 Å². The van der Waals surface area contributed by atoms with Crippen LogP contribution in [0.4, 0.5) is 5.13 Å². The molecule has 0 bridgehead atoms. The number of hydrogen-bond acceptors (Lipinski definition) is 8. The third-order valence-corrected chi connectivity index (χ3v) is 10.3. The van der Waals surface area contributed by atoms with Crippen LogP contribution in [0.25, 0.3) is 11.3 Å². The summed E-state index contributed by atoms with van der Waals surface area (Å²) in [6.07, 6.45) is 0.627. The summed E-state index contributed by atoms with van der Waals surface area (Å²) in [4.78, 5) is 20.7. The summed E-state index contributed by atoms with van der Waals surface area (Å²) in [5.74, 6) is 0.101. The molecule has 0 amide bonds. The molecule has 2 atom stereocenters. The van der Waals surface area contributed by atoms with Crippen molar-refractivity contribution in [3.63, 3.8) is 0 Å². The molecule has 0 aliphatic carbocycles. The Morgan fingerprint density at radius 2 is 1.90 bits per heavy atom. The smallest absolute Gasteiger partial charge is 0.308 e. The number of aryl methyl sites for hydroxylation is 2. The Hall–Kier alpha value is -2.95. The van der Waals surface area contributed by atoms with Crippen molar-refractivity contribution in [3.8, 4) is 17.0 Å². The quantitative estimate of drug-likeness (QED) is 0.422. The minimum absolute atomic E-state index is 0.0939. The number of carboxylic acid groups (broad SMARTS) is 1. The molecule has 0 unspecified atom stereocenters. The molecular weight excluding hydrogens is 534 g/mol. The van der Waals surface area contributed by atoms with E-state index in [1.807, 2.05) is 31.4 Å². The van der Waals surface area contributed by atoms with Gasteiger partial charge < -0.3 is 14.7 Å². The van der Waals surface area contributed by atoms with Crippen LogP contribution in [-0.4, -0.2) is 66.6 Å². The second-order valence-electron chi connectivity index (χ2n) is 10.7. The Labute approximate surface area is 234 Å². The molecule has 2 fully saturated rings. The van der Waals surface area contributed by atoms with Crippen molar-refractivity contribution in [3.05, 3.63) is 64.0 Å². The zero-order chi connectivity index (χ0) is 27.7. The third-order valence-electron chi connectivity index (χ3n) is 7.85. The summed E-state index contributed by atoms with van der Waals surface area (Å²) in [5, 5.41) is 12.4. The lowest BCUT2D eigenvalue weighted by Crippen LogP contribution is -2.39. The molecule has 2 aromatic carbocycles. The van der Waals surface area contributed by atoms with E-state index >= 15 is 0 Å². The van der Waals surface area contributed by atoms with Gasteiger partial charge in [0.1, 0.15) is 12.4 Å². The highest BCUT2D eigenvalue weighted by Gasteiger charge is 2.37. The predicted octanol–water partition coefficient (Wildman–Crippen LogP) is 4.54. The van der Waals surface area contributed by atoms with E-state index in [-0.39, 0.29) is 23.5 Å². The van der Waals surface area contributed by atoms with E-state index in [4.69, 9.17) is 9.72 Å². The van der Waals surface area contributed by atoms with Gasteiger partial charge in [0.2, 0.25) is 0 Å². The summed E-state index contributed by atoms with van der Waals surface area (Å²) >= 11 is 1.54. The maximum Gasteiger partial charge on any atom is 0.308 e. The molecular formula is C29H35N3O5S2. The molecule has 8 nitrogen and oxygen atoms in total. The molecule has 2 saturated heterocycles. The van der Waals surface area contributed by atoms with Crippen LogP contribution in [-0.2, 0) is 27.8 Å². The summed E-state index contributed by atoms with van der Waals surface area (Å²) in [6.45, 7) is 9.09. The number of carboxylic acids is 1. The number of nitrogens with zero attached hydrogens (tertiary/aromatic N) is 3. The van der Waals surface area contributed by atoms with Gasteiger partial charge in [-0.15, -0.1) is 11.3 Å². The van der Waals surface area contributed by atoms with Crippen molar-refractivity contribution >= 4 is 32.3 Å². The fourth-order valence-corrected chi connectivity index (χ4v) is 7.59. The number of aliphatic carboxylic acids is 1. The Morgan fingerprint density at radius 3 is 2.59 bits per heavy atom. The minimum Gasteiger partial charge on any atom is -0.488 e. The molecule has 0 saturated carbocycles. The number of benzene rings is 2. The Kier molecular flexibility index (Phi) is 7.98. The second kappa shape index (κ2) is 11.3. The molecule has 0 spiro atoms. The van der Waals surface area contributed by atoms with Crippen LogP contribution in [0.15, 0.2) is 41.8 Å². The number of thiazole rings is 1. The van der Waals surface area contributed by atoms with E-state index in [0.29, 0.717) is 32.7 Å². The molecule has 2 aliphatic rings.